The molecule has 2 amide bonds. The molecule has 0 bridgehead atoms. The van der Waals surface area contributed by atoms with Crippen molar-refractivity contribution in [1.29, 1.82) is 5.26 Å². The molecule has 2 aliphatic rings. The summed E-state index contributed by atoms with van der Waals surface area (Å²) in [6.07, 6.45) is 5.24. The molecular formula is C20H18FN5O2. The molecule has 0 saturated carbocycles. The van der Waals surface area contributed by atoms with E-state index in [1.807, 2.05) is 6.92 Å². The Hall–Kier alpha value is -3.47. The average Bonchev–Trinajstić information content (AvgIpc) is 3.21. The Bertz CT molecular complexity index is 956. The normalized spacial score (nSPS) is 23.2. The van der Waals surface area contributed by atoms with Crippen molar-refractivity contribution in [3.8, 4) is 11.8 Å². The third-order valence-corrected chi connectivity index (χ3v) is 5.05. The van der Waals surface area contributed by atoms with Crippen LogP contribution < -0.4 is 4.74 Å². The van der Waals surface area contributed by atoms with Crippen molar-refractivity contribution in [3.63, 3.8) is 0 Å². The molecule has 2 aromatic rings. The quantitative estimate of drug-likeness (QED) is 0.821. The zero-order valence-electron chi connectivity index (χ0n) is 15.2. The van der Waals surface area contributed by atoms with Gasteiger partial charge >= 0.3 is 6.03 Å². The number of carbonyl (C=O) groups excluding carboxylic acids is 1. The molecule has 1 aromatic heterocycles. The van der Waals surface area contributed by atoms with Gasteiger partial charge in [-0.05, 0) is 42.8 Å². The van der Waals surface area contributed by atoms with E-state index in [0.29, 0.717) is 24.3 Å². The first-order valence-corrected chi connectivity index (χ1v) is 8.96. The van der Waals surface area contributed by atoms with Crippen LogP contribution in [0, 0.1) is 17.1 Å². The first-order valence-electron chi connectivity index (χ1n) is 8.96. The van der Waals surface area contributed by atoms with Gasteiger partial charge < -0.3 is 9.64 Å². The lowest BCUT2D eigenvalue weighted by Gasteiger charge is -2.46. The van der Waals surface area contributed by atoms with E-state index in [1.54, 1.807) is 35.5 Å². The second-order valence-electron chi connectivity index (χ2n) is 6.80. The molecule has 1 saturated heterocycles. The minimum atomic E-state index is -0.321. The fourth-order valence-corrected chi connectivity index (χ4v) is 3.36. The fourth-order valence-electron chi connectivity index (χ4n) is 3.36. The topological polar surface area (TPSA) is 81.8 Å². The van der Waals surface area contributed by atoms with E-state index in [2.05, 4.69) is 16.2 Å². The molecule has 0 radical (unpaired) electrons. The maximum atomic E-state index is 13.0. The van der Waals surface area contributed by atoms with Crippen molar-refractivity contribution in [3.05, 3.63) is 59.7 Å². The predicted octanol–water partition coefficient (Wildman–Crippen LogP) is 3.10. The summed E-state index contributed by atoms with van der Waals surface area (Å²) in [5.74, 6) is 0.250. The standard InChI is InChI=1S/C20H18FN5O2/c1-13-19(28-17-4-2-16(21)3-5-17)12-25(13)20(27)26-18(6-7-24-26)15-8-14(9-22)10-23-11-15/h2-5,7-8,10-11,13,18-19H,6,12H2,1H3/t13-,18+,19+/m1/s1. The average molecular weight is 379 g/mol. The van der Waals surface area contributed by atoms with Crippen LogP contribution in [0.1, 0.15) is 30.5 Å². The van der Waals surface area contributed by atoms with Crippen LogP contribution in [0.5, 0.6) is 5.75 Å². The van der Waals surface area contributed by atoms with E-state index in [0.717, 1.165) is 5.56 Å². The van der Waals surface area contributed by atoms with Gasteiger partial charge in [0.25, 0.3) is 0 Å². The van der Waals surface area contributed by atoms with Crippen molar-refractivity contribution in [2.45, 2.75) is 31.5 Å². The van der Waals surface area contributed by atoms with Crippen molar-refractivity contribution >= 4 is 12.2 Å². The number of aromatic nitrogens is 1. The number of hydrogen-bond acceptors (Lipinski definition) is 5. The highest BCUT2D eigenvalue weighted by Crippen LogP contribution is 2.32. The van der Waals surface area contributed by atoms with Gasteiger partial charge in [-0.1, -0.05) is 0 Å². The number of nitriles is 1. The van der Waals surface area contributed by atoms with Gasteiger partial charge in [0.05, 0.1) is 24.2 Å². The SMILES string of the molecule is C[C@@H]1[C@@H](Oc2ccc(F)cc2)CN1C(=O)N1N=CC[C@H]1c1cncc(C#N)c1. The van der Waals surface area contributed by atoms with Gasteiger partial charge in [-0.2, -0.15) is 10.4 Å². The summed E-state index contributed by atoms with van der Waals surface area (Å²) in [4.78, 5) is 18.7. The molecule has 0 N–H and O–H groups in total. The number of hydrazone groups is 1. The third-order valence-electron chi connectivity index (χ3n) is 5.05. The summed E-state index contributed by atoms with van der Waals surface area (Å²) in [6.45, 7) is 2.33. The van der Waals surface area contributed by atoms with Crippen LogP contribution in [-0.4, -0.2) is 45.8 Å². The summed E-state index contributed by atoms with van der Waals surface area (Å²) in [7, 11) is 0. The molecule has 7 nitrogen and oxygen atoms in total. The Morgan fingerprint density at radius 2 is 2.11 bits per heavy atom. The Morgan fingerprint density at radius 1 is 1.32 bits per heavy atom. The predicted molar refractivity (Wildman–Crippen MR) is 99.0 cm³/mol. The number of ether oxygens (including phenoxy) is 1. The number of benzene rings is 1. The van der Waals surface area contributed by atoms with Gasteiger partial charge in [0.1, 0.15) is 23.7 Å². The van der Waals surface area contributed by atoms with Crippen LogP contribution in [0.2, 0.25) is 0 Å². The van der Waals surface area contributed by atoms with Crippen molar-refractivity contribution < 1.29 is 13.9 Å². The lowest BCUT2D eigenvalue weighted by molar-refractivity contribution is -0.0197. The van der Waals surface area contributed by atoms with Gasteiger partial charge in [0.2, 0.25) is 0 Å². The molecule has 1 fully saturated rings. The minimum Gasteiger partial charge on any atom is -0.486 e. The van der Waals surface area contributed by atoms with Crippen molar-refractivity contribution in [2.24, 2.45) is 5.10 Å². The number of likely N-dealkylation sites (tertiary alicyclic amines) is 1. The van der Waals surface area contributed by atoms with E-state index in [1.165, 1.54) is 23.3 Å². The molecule has 1 aromatic carbocycles. The van der Waals surface area contributed by atoms with Crippen LogP contribution >= 0.6 is 0 Å². The largest absolute Gasteiger partial charge is 0.486 e. The second kappa shape index (κ2) is 7.27. The number of rotatable bonds is 3. The fraction of sp³-hybridized carbons (Fsp3) is 0.300. The molecule has 8 heteroatoms. The van der Waals surface area contributed by atoms with Crippen LogP contribution in [0.15, 0.2) is 47.8 Å². The Labute approximate surface area is 161 Å². The van der Waals surface area contributed by atoms with Crippen molar-refractivity contribution in [1.82, 2.24) is 14.9 Å². The van der Waals surface area contributed by atoms with E-state index in [-0.39, 0.29) is 30.0 Å². The molecular weight excluding hydrogens is 361 g/mol. The number of hydrogen-bond donors (Lipinski definition) is 0. The second-order valence-corrected chi connectivity index (χ2v) is 6.80. The van der Waals surface area contributed by atoms with Crippen LogP contribution in [0.4, 0.5) is 9.18 Å². The zero-order valence-corrected chi connectivity index (χ0v) is 15.2. The molecule has 0 unspecified atom stereocenters. The smallest absolute Gasteiger partial charge is 0.341 e. The highest BCUT2D eigenvalue weighted by atomic mass is 19.1. The molecule has 0 aliphatic carbocycles. The maximum absolute atomic E-state index is 13.0. The zero-order chi connectivity index (χ0) is 19.7. The Balaban J connectivity index is 1.42. The van der Waals surface area contributed by atoms with E-state index in [4.69, 9.17) is 10.00 Å². The van der Waals surface area contributed by atoms with Crippen molar-refractivity contribution in [2.75, 3.05) is 6.54 Å². The number of nitrogens with zero attached hydrogens (tertiary/aromatic N) is 5. The van der Waals surface area contributed by atoms with Gasteiger partial charge in [0.15, 0.2) is 0 Å². The number of urea groups is 1. The third kappa shape index (κ3) is 3.27. The Morgan fingerprint density at radius 3 is 2.82 bits per heavy atom. The van der Waals surface area contributed by atoms with Crippen LogP contribution in [0.25, 0.3) is 0 Å². The van der Waals surface area contributed by atoms with Gasteiger partial charge in [-0.25, -0.2) is 14.2 Å². The number of amides is 2. The molecule has 142 valence electrons. The molecule has 0 spiro atoms. The highest BCUT2D eigenvalue weighted by molar-refractivity contribution is 5.79. The summed E-state index contributed by atoms with van der Waals surface area (Å²) < 4.78 is 18.9. The minimum absolute atomic E-state index is 0.141. The van der Waals surface area contributed by atoms with E-state index < -0.39 is 0 Å². The van der Waals surface area contributed by atoms with Gasteiger partial charge in [-0.3, -0.25) is 4.98 Å². The molecule has 4 rings (SSSR count). The molecule has 28 heavy (non-hydrogen) atoms. The van der Waals surface area contributed by atoms with Crippen LogP contribution in [-0.2, 0) is 0 Å². The monoisotopic (exact) mass is 379 g/mol. The summed E-state index contributed by atoms with van der Waals surface area (Å²) in [6, 6.07) is 8.98. The first-order chi connectivity index (χ1) is 13.6. The van der Waals surface area contributed by atoms with E-state index >= 15 is 0 Å². The van der Waals surface area contributed by atoms with Gasteiger partial charge in [0, 0.05) is 25.0 Å². The summed E-state index contributed by atoms with van der Waals surface area (Å²) >= 11 is 0. The molecule has 3 atom stereocenters. The number of halogens is 1. The lowest BCUT2D eigenvalue weighted by Crippen LogP contribution is -2.64. The summed E-state index contributed by atoms with van der Waals surface area (Å²) in [5.41, 5.74) is 1.22. The van der Waals surface area contributed by atoms with E-state index in [9.17, 15) is 9.18 Å². The lowest BCUT2D eigenvalue weighted by atomic mass is 10.0. The number of carbonyl (C=O) groups is 1. The molecule has 2 aliphatic heterocycles. The molecule has 3 heterocycles. The summed E-state index contributed by atoms with van der Waals surface area (Å²) in [5, 5.41) is 14.7. The maximum Gasteiger partial charge on any atom is 0.341 e. The highest BCUT2D eigenvalue weighted by Gasteiger charge is 2.44. The Kier molecular flexibility index (Phi) is 4.65. The van der Waals surface area contributed by atoms with Crippen LogP contribution in [0.3, 0.4) is 0 Å². The first kappa shape index (κ1) is 17.9. The number of pyridine rings is 1. The van der Waals surface area contributed by atoms with Gasteiger partial charge in [-0.15, -0.1) is 0 Å².